The molecule has 0 aliphatic carbocycles. The Labute approximate surface area is 147 Å². The lowest BCUT2D eigenvalue weighted by atomic mass is 10.1. The number of rotatable bonds is 6. The minimum Gasteiger partial charge on any atom is -0.396 e. The third-order valence-corrected chi connectivity index (χ3v) is 4.77. The highest BCUT2D eigenvalue weighted by Gasteiger charge is 2.26. The topological polar surface area (TPSA) is 26.7 Å². The molecule has 3 rings (SSSR count). The summed E-state index contributed by atoms with van der Waals surface area (Å²) in [7, 11) is 0. The Bertz CT molecular complexity index is 660. The van der Waals surface area contributed by atoms with Crippen LogP contribution in [-0.4, -0.2) is 47.2 Å². The van der Waals surface area contributed by atoms with Gasteiger partial charge in [0, 0.05) is 45.4 Å². The van der Waals surface area contributed by atoms with Gasteiger partial charge in [-0.2, -0.15) is 0 Å². The molecule has 0 spiro atoms. The second kappa shape index (κ2) is 8.52. The standard InChI is InChI=1S/C20H24F2N2O/c21-18-5-1-16(2-6-18)13-23-10-11-24(20(15-23)9-12-25)14-17-3-7-19(22)8-4-17/h1-8,20,25H,9-15H2/t20-/m1/s1. The molecule has 1 aliphatic rings. The first kappa shape index (κ1) is 18.0. The van der Waals surface area contributed by atoms with E-state index in [2.05, 4.69) is 9.80 Å². The number of hydrogen-bond acceptors (Lipinski definition) is 3. The maximum absolute atomic E-state index is 13.1. The molecule has 0 bridgehead atoms. The first-order chi connectivity index (χ1) is 12.1. The molecule has 0 aromatic heterocycles. The van der Waals surface area contributed by atoms with E-state index >= 15 is 0 Å². The first-order valence-electron chi connectivity index (χ1n) is 8.70. The van der Waals surface area contributed by atoms with Gasteiger partial charge in [0.2, 0.25) is 0 Å². The lowest BCUT2D eigenvalue weighted by molar-refractivity contribution is 0.0499. The monoisotopic (exact) mass is 346 g/mol. The molecule has 1 N–H and O–H groups in total. The van der Waals surface area contributed by atoms with E-state index in [1.807, 2.05) is 24.3 Å². The van der Waals surface area contributed by atoms with Gasteiger partial charge in [0.05, 0.1) is 0 Å². The number of aliphatic hydroxyl groups is 1. The van der Waals surface area contributed by atoms with Crippen molar-refractivity contribution in [3.05, 3.63) is 71.3 Å². The summed E-state index contributed by atoms with van der Waals surface area (Å²) in [5, 5.41) is 9.41. The van der Waals surface area contributed by atoms with E-state index in [0.29, 0.717) is 6.42 Å². The normalized spacial score (nSPS) is 19.2. The number of hydrogen-bond donors (Lipinski definition) is 1. The fourth-order valence-corrected chi connectivity index (χ4v) is 3.40. The van der Waals surface area contributed by atoms with Crippen molar-refractivity contribution < 1.29 is 13.9 Å². The molecule has 1 heterocycles. The van der Waals surface area contributed by atoms with Crippen LogP contribution in [0.5, 0.6) is 0 Å². The van der Waals surface area contributed by atoms with Crippen LogP contribution < -0.4 is 0 Å². The minimum atomic E-state index is -0.222. The lowest BCUT2D eigenvalue weighted by Gasteiger charge is -2.41. The highest BCUT2D eigenvalue weighted by Crippen LogP contribution is 2.19. The number of aliphatic hydroxyl groups excluding tert-OH is 1. The molecule has 0 unspecified atom stereocenters. The van der Waals surface area contributed by atoms with E-state index in [1.165, 1.54) is 24.3 Å². The molecule has 134 valence electrons. The van der Waals surface area contributed by atoms with Gasteiger partial charge in [-0.25, -0.2) is 8.78 Å². The van der Waals surface area contributed by atoms with Crippen molar-refractivity contribution in [3.63, 3.8) is 0 Å². The van der Waals surface area contributed by atoms with E-state index < -0.39 is 0 Å². The lowest BCUT2D eigenvalue weighted by Crippen LogP contribution is -2.52. The molecule has 1 aliphatic heterocycles. The van der Waals surface area contributed by atoms with E-state index in [-0.39, 0.29) is 24.3 Å². The maximum atomic E-state index is 13.1. The van der Waals surface area contributed by atoms with Gasteiger partial charge in [-0.1, -0.05) is 24.3 Å². The molecule has 3 nitrogen and oxygen atoms in total. The number of piperazine rings is 1. The van der Waals surface area contributed by atoms with Gasteiger partial charge in [0.25, 0.3) is 0 Å². The van der Waals surface area contributed by atoms with Crippen LogP contribution in [0.4, 0.5) is 8.78 Å². The molecule has 0 saturated carbocycles. The zero-order valence-corrected chi connectivity index (χ0v) is 14.2. The van der Waals surface area contributed by atoms with Gasteiger partial charge in [-0.15, -0.1) is 0 Å². The molecule has 1 fully saturated rings. The van der Waals surface area contributed by atoms with Gasteiger partial charge < -0.3 is 5.11 Å². The SMILES string of the molecule is OCC[C@@H]1CN(Cc2ccc(F)cc2)CCN1Cc1ccc(F)cc1. The predicted molar refractivity (Wildman–Crippen MR) is 94.0 cm³/mol. The van der Waals surface area contributed by atoms with Crippen molar-refractivity contribution in [2.24, 2.45) is 0 Å². The molecular formula is C20H24F2N2O. The maximum Gasteiger partial charge on any atom is 0.123 e. The summed E-state index contributed by atoms with van der Waals surface area (Å²) in [4.78, 5) is 4.69. The van der Waals surface area contributed by atoms with Crippen molar-refractivity contribution in [2.45, 2.75) is 25.6 Å². The number of benzene rings is 2. The van der Waals surface area contributed by atoms with Crippen LogP contribution in [-0.2, 0) is 13.1 Å². The second-order valence-corrected chi connectivity index (χ2v) is 6.62. The zero-order valence-electron chi connectivity index (χ0n) is 14.2. The predicted octanol–water partition coefficient (Wildman–Crippen LogP) is 3.03. The summed E-state index contributed by atoms with van der Waals surface area (Å²) in [5.41, 5.74) is 2.17. The Morgan fingerprint density at radius 3 is 1.96 bits per heavy atom. The summed E-state index contributed by atoms with van der Waals surface area (Å²) in [5.74, 6) is -0.439. The molecule has 0 radical (unpaired) electrons. The minimum absolute atomic E-state index is 0.148. The van der Waals surface area contributed by atoms with Crippen LogP contribution >= 0.6 is 0 Å². The third kappa shape index (κ3) is 5.08. The van der Waals surface area contributed by atoms with Gasteiger partial charge in [0.1, 0.15) is 11.6 Å². The van der Waals surface area contributed by atoms with Crippen molar-refractivity contribution in [1.82, 2.24) is 9.80 Å². The van der Waals surface area contributed by atoms with Crippen molar-refractivity contribution in [1.29, 1.82) is 0 Å². The first-order valence-corrected chi connectivity index (χ1v) is 8.70. The summed E-state index contributed by atoms with van der Waals surface area (Å²) in [6, 6.07) is 13.5. The van der Waals surface area contributed by atoms with Gasteiger partial charge in [0.15, 0.2) is 0 Å². The molecule has 1 saturated heterocycles. The quantitative estimate of drug-likeness (QED) is 0.871. The highest BCUT2D eigenvalue weighted by molar-refractivity contribution is 5.17. The highest BCUT2D eigenvalue weighted by atomic mass is 19.1. The van der Waals surface area contributed by atoms with Crippen LogP contribution in [0, 0.1) is 11.6 Å². The van der Waals surface area contributed by atoms with E-state index in [1.54, 1.807) is 0 Å². The molecule has 5 heteroatoms. The van der Waals surface area contributed by atoms with Crippen LogP contribution in [0.15, 0.2) is 48.5 Å². The second-order valence-electron chi connectivity index (χ2n) is 6.62. The van der Waals surface area contributed by atoms with Crippen molar-refractivity contribution >= 4 is 0 Å². The van der Waals surface area contributed by atoms with E-state index in [0.717, 1.165) is 43.9 Å². The Morgan fingerprint density at radius 1 is 0.840 bits per heavy atom. The van der Waals surface area contributed by atoms with Gasteiger partial charge in [-0.3, -0.25) is 9.80 Å². The zero-order chi connectivity index (χ0) is 17.6. The Morgan fingerprint density at radius 2 is 1.40 bits per heavy atom. The Balaban J connectivity index is 1.61. The van der Waals surface area contributed by atoms with Crippen LogP contribution in [0.1, 0.15) is 17.5 Å². The van der Waals surface area contributed by atoms with Gasteiger partial charge in [-0.05, 0) is 41.8 Å². The van der Waals surface area contributed by atoms with Crippen molar-refractivity contribution in [2.75, 3.05) is 26.2 Å². The summed E-state index contributed by atoms with van der Waals surface area (Å²) in [6.45, 7) is 4.36. The molecule has 1 atom stereocenters. The van der Waals surface area contributed by atoms with Crippen LogP contribution in [0.25, 0.3) is 0 Å². The third-order valence-electron chi connectivity index (χ3n) is 4.77. The van der Waals surface area contributed by atoms with E-state index in [9.17, 15) is 13.9 Å². The number of halogens is 2. The fraction of sp³-hybridized carbons (Fsp3) is 0.400. The molecule has 2 aromatic carbocycles. The average Bonchev–Trinajstić information content (AvgIpc) is 2.61. The molecule has 0 amide bonds. The molecular weight excluding hydrogens is 322 g/mol. The molecule has 25 heavy (non-hydrogen) atoms. The average molecular weight is 346 g/mol. The van der Waals surface area contributed by atoms with Gasteiger partial charge >= 0.3 is 0 Å². The van der Waals surface area contributed by atoms with Crippen molar-refractivity contribution in [3.8, 4) is 0 Å². The smallest absolute Gasteiger partial charge is 0.123 e. The summed E-state index contributed by atoms with van der Waals surface area (Å²) < 4.78 is 26.1. The van der Waals surface area contributed by atoms with Crippen LogP contribution in [0.2, 0.25) is 0 Å². The Hall–Kier alpha value is -1.82. The van der Waals surface area contributed by atoms with Crippen LogP contribution in [0.3, 0.4) is 0 Å². The Kier molecular flexibility index (Phi) is 6.13. The summed E-state index contributed by atoms with van der Waals surface area (Å²) >= 11 is 0. The molecule has 2 aromatic rings. The summed E-state index contributed by atoms with van der Waals surface area (Å²) in [6.07, 6.45) is 0.709. The fourth-order valence-electron chi connectivity index (χ4n) is 3.40. The number of nitrogens with zero attached hydrogens (tertiary/aromatic N) is 2. The largest absolute Gasteiger partial charge is 0.396 e. The van der Waals surface area contributed by atoms with E-state index in [4.69, 9.17) is 0 Å².